The van der Waals surface area contributed by atoms with Gasteiger partial charge in [-0.1, -0.05) is 30.0 Å². The van der Waals surface area contributed by atoms with Gasteiger partial charge in [-0.2, -0.15) is 0 Å². The quantitative estimate of drug-likeness (QED) is 0.465. The Morgan fingerprint density at radius 3 is 2.83 bits per heavy atom. The van der Waals surface area contributed by atoms with Crippen LogP contribution in [0.4, 0.5) is 5.13 Å². The minimum atomic E-state index is -0.126. The lowest BCUT2D eigenvalue weighted by atomic mass is 10.2. The number of aryl methyl sites for hydroxylation is 1. The number of carbonyl (C=O) groups excluding carboxylic acids is 1. The summed E-state index contributed by atoms with van der Waals surface area (Å²) in [4.78, 5) is 19.9. The third kappa shape index (κ3) is 4.36. The van der Waals surface area contributed by atoms with Gasteiger partial charge in [0.25, 0.3) is 0 Å². The van der Waals surface area contributed by atoms with E-state index in [0.29, 0.717) is 10.9 Å². The van der Waals surface area contributed by atoms with Gasteiger partial charge in [0, 0.05) is 36.0 Å². The predicted octanol–water partition coefficient (Wildman–Crippen LogP) is 4.34. The average molecular weight is 423 g/mol. The summed E-state index contributed by atoms with van der Waals surface area (Å²) in [6.07, 6.45) is 3.52. The fourth-order valence-corrected chi connectivity index (χ4v) is 4.50. The maximum absolute atomic E-state index is 11.2. The molecule has 1 amide bonds. The number of nitrogens with one attached hydrogen (secondary N) is 1. The molecule has 0 saturated carbocycles. The van der Waals surface area contributed by atoms with Crippen LogP contribution in [-0.2, 0) is 10.5 Å². The maximum Gasteiger partial charge on any atom is 0.223 e. The number of carbonyl (C=O) groups is 1. The van der Waals surface area contributed by atoms with Crippen molar-refractivity contribution in [2.24, 2.45) is 0 Å². The fourth-order valence-electron chi connectivity index (χ4n) is 2.80. The van der Waals surface area contributed by atoms with E-state index in [-0.39, 0.29) is 5.91 Å². The van der Waals surface area contributed by atoms with Crippen LogP contribution < -0.4 is 5.32 Å². The molecule has 0 aliphatic heterocycles. The number of benzene rings is 1. The number of para-hydroxylation sites is 1. The molecule has 1 aromatic carbocycles. The first-order chi connectivity index (χ1) is 14.1. The molecule has 1 N–H and O–H groups in total. The molecule has 146 valence electrons. The van der Waals surface area contributed by atoms with E-state index in [2.05, 4.69) is 49.1 Å². The molecule has 0 saturated heterocycles. The number of aromatic nitrogens is 5. The van der Waals surface area contributed by atoms with Gasteiger partial charge in [0.15, 0.2) is 16.1 Å². The Bertz CT molecular complexity index is 1140. The second kappa shape index (κ2) is 8.54. The summed E-state index contributed by atoms with van der Waals surface area (Å²) in [6, 6.07) is 12.0. The fraction of sp³-hybridized carbons (Fsp3) is 0.150. The van der Waals surface area contributed by atoms with E-state index in [9.17, 15) is 4.79 Å². The number of anilines is 1. The van der Waals surface area contributed by atoms with Crippen molar-refractivity contribution in [2.45, 2.75) is 24.8 Å². The Morgan fingerprint density at radius 2 is 2.07 bits per heavy atom. The van der Waals surface area contributed by atoms with Crippen molar-refractivity contribution < 1.29 is 4.79 Å². The van der Waals surface area contributed by atoms with E-state index >= 15 is 0 Å². The van der Waals surface area contributed by atoms with Crippen LogP contribution in [0, 0.1) is 6.92 Å². The van der Waals surface area contributed by atoms with E-state index in [1.165, 1.54) is 18.3 Å². The Kier molecular flexibility index (Phi) is 5.68. The number of hydrogen-bond acceptors (Lipinski definition) is 7. The van der Waals surface area contributed by atoms with Crippen molar-refractivity contribution in [2.75, 3.05) is 5.32 Å². The first-order valence-corrected chi connectivity index (χ1v) is 10.7. The molecule has 0 atom stereocenters. The zero-order chi connectivity index (χ0) is 20.2. The number of thioether (sulfide) groups is 1. The highest BCUT2D eigenvalue weighted by molar-refractivity contribution is 7.98. The molecule has 3 heterocycles. The zero-order valence-electron chi connectivity index (χ0n) is 15.9. The molecule has 0 aliphatic rings. The molecular weight excluding hydrogens is 404 g/mol. The summed E-state index contributed by atoms with van der Waals surface area (Å²) >= 11 is 2.96. The highest BCUT2D eigenvalue weighted by atomic mass is 32.2. The lowest BCUT2D eigenvalue weighted by Crippen LogP contribution is -2.05. The number of nitrogens with zero attached hydrogens (tertiary/aromatic N) is 5. The molecule has 29 heavy (non-hydrogen) atoms. The summed E-state index contributed by atoms with van der Waals surface area (Å²) in [5.74, 6) is 1.23. The molecule has 4 rings (SSSR count). The van der Waals surface area contributed by atoms with Crippen molar-refractivity contribution in [3.63, 3.8) is 0 Å². The van der Waals surface area contributed by atoms with E-state index in [4.69, 9.17) is 0 Å². The molecule has 9 heteroatoms. The summed E-state index contributed by atoms with van der Waals surface area (Å²) < 4.78 is 2.05. The Labute approximate surface area is 176 Å². The van der Waals surface area contributed by atoms with Crippen molar-refractivity contribution in [1.82, 2.24) is 24.7 Å². The Balaban J connectivity index is 1.67. The van der Waals surface area contributed by atoms with Crippen LogP contribution in [-0.4, -0.2) is 30.6 Å². The normalized spacial score (nSPS) is 10.8. The van der Waals surface area contributed by atoms with Crippen LogP contribution in [0.25, 0.3) is 17.1 Å². The van der Waals surface area contributed by atoms with E-state index < -0.39 is 0 Å². The highest BCUT2D eigenvalue weighted by Gasteiger charge is 2.18. The molecule has 3 aromatic heterocycles. The van der Waals surface area contributed by atoms with Gasteiger partial charge in [0.05, 0.1) is 11.4 Å². The smallest absolute Gasteiger partial charge is 0.223 e. The monoisotopic (exact) mass is 422 g/mol. The minimum absolute atomic E-state index is 0.126. The molecule has 0 fully saturated rings. The van der Waals surface area contributed by atoms with Crippen molar-refractivity contribution >= 4 is 34.1 Å². The first-order valence-electron chi connectivity index (χ1n) is 8.88. The summed E-state index contributed by atoms with van der Waals surface area (Å²) in [5.41, 5.74) is 3.93. The molecule has 0 aliphatic carbocycles. The number of thiazole rings is 1. The third-order valence-corrected chi connectivity index (χ3v) is 5.86. The van der Waals surface area contributed by atoms with Gasteiger partial charge in [0.2, 0.25) is 5.91 Å². The number of pyridine rings is 1. The summed E-state index contributed by atoms with van der Waals surface area (Å²) in [7, 11) is 0. The number of rotatable bonds is 6. The average Bonchev–Trinajstić information content (AvgIpc) is 3.34. The molecular formula is C20H18N6OS2. The molecule has 0 spiro atoms. The standard InChI is InChI=1S/C20H18N6OS2/c1-13-6-3-4-8-17(13)26-18(15-7-5-9-21-10-15)24-25-20(26)29-12-16-11-28-19(23-16)22-14(2)27/h3-11H,12H2,1-2H3,(H,22,23,27). The first kappa shape index (κ1) is 19.3. The largest absolute Gasteiger partial charge is 0.302 e. The van der Waals surface area contributed by atoms with Gasteiger partial charge < -0.3 is 5.32 Å². The van der Waals surface area contributed by atoms with Gasteiger partial charge >= 0.3 is 0 Å². The topological polar surface area (TPSA) is 85.6 Å². The molecule has 0 bridgehead atoms. The van der Waals surface area contributed by atoms with Crippen molar-refractivity contribution in [3.05, 3.63) is 65.4 Å². The van der Waals surface area contributed by atoms with Crippen LogP contribution in [0.3, 0.4) is 0 Å². The Morgan fingerprint density at radius 1 is 1.21 bits per heavy atom. The predicted molar refractivity (Wildman–Crippen MR) is 115 cm³/mol. The van der Waals surface area contributed by atoms with E-state index in [1.807, 2.05) is 29.6 Å². The number of hydrogen-bond donors (Lipinski definition) is 1. The van der Waals surface area contributed by atoms with Gasteiger partial charge in [-0.15, -0.1) is 21.5 Å². The minimum Gasteiger partial charge on any atom is -0.302 e. The molecule has 7 nitrogen and oxygen atoms in total. The van der Waals surface area contributed by atoms with Gasteiger partial charge in [-0.05, 0) is 30.7 Å². The Hall–Kier alpha value is -3.04. The SMILES string of the molecule is CC(=O)Nc1nc(CSc2nnc(-c3cccnc3)n2-c2ccccc2C)cs1. The molecule has 4 aromatic rings. The van der Waals surface area contributed by atoms with Crippen molar-refractivity contribution in [1.29, 1.82) is 0 Å². The lowest BCUT2D eigenvalue weighted by Gasteiger charge is -2.12. The van der Waals surface area contributed by atoms with Crippen LogP contribution in [0.5, 0.6) is 0 Å². The zero-order valence-corrected chi connectivity index (χ0v) is 17.5. The van der Waals surface area contributed by atoms with Crippen molar-refractivity contribution in [3.8, 4) is 17.1 Å². The van der Waals surface area contributed by atoms with Gasteiger partial charge in [-0.3, -0.25) is 14.3 Å². The maximum atomic E-state index is 11.2. The van der Waals surface area contributed by atoms with Crippen LogP contribution >= 0.6 is 23.1 Å². The third-order valence-electron chi connectivity index (χ3n) is 4.09. The van der Waals surface area contributed by atoms with Crippen LogP contribution in [0.1, 0.15) is 18.2 Å². The van der Waals surface area contributed by atoms with Gasteiger partial charge in [0.1, 0.15) is 0 Å². The lowest BCUT2D eigenvalue weighted by molar-refractivity contribution is -0.114. The van der Waals surface area contributed by atoms with E-state index in [0.717, 1.165) is 33.5 Å². The molecule has 0 radical (unpaired) electrons. The van der Waals surface area contributed by atoms with Gasteiger partial charge in [-0.25, -0.2) is 4.98 Å². The second-order valence-corrected chi connectivity index (χ2v) is 8.08. The van der Waals surface area contributed by atoms with E-state index in [1.54, 1.807) is 24.2 Å². The second-order valence-electron chi connectivity index (χ2n) is 6.28. The number of amides is 1. The molecule has 0 unspecified atom stereocenters. The van der Waals surface area contributed by atoms with Crippen LogP contribution in [0.2, 0.25) is 0 Å². The highest BCUT2D eigenvalue weighted by Crippen LogP contribution is 2.31. The summed E-state index contributed by atoms with van der Waals surface area (Å²) in [5, 5.41) is 14.9. The van der Waals surface area contributed by atoms with Crippen LogP contribution in [0.15, 0.2) is 59.3 Å². The summed E-state index contributed by atoms with van der Waals surface area (Å²) in [6.45, 7) is 3.54.